The van der Waals surface area contributed by atoms with Gasteiger partial charge >= 0.3 is 0 Å². The van der Waals surface area contributed by atoms with Crippen LogP contribution >= 0.6 is 0 Å². The van der Waals surface area contributed by atoms with E-state index in [9.17, 15) is 0 Å². The van der Waals surface area contributed by atoms with Crippen molar-refractivity contribution in [1.29, 1.82) is 0 Å². The maximum absolute atomic E-state index is 5.52. The normalized spacial score (nSPS) is 30.7. The Balaban J connectivity index is 1.76. The SMILES string of the molecule is NCCCN1CCN2CCCC2C1. The summed E-state index contributed by atoms with van der Waals surface area (Å²) in [5.74, 6) is 0. The summed E-state index contributed by atoms with van der Waals surface area (Å²) in [4.78, 5) is 5.23. The fourth-order valence-electron chi connectivity index (χ4n) is 2.57. The fraction of sp³-hybridized carbons (Fsp3) is 1.00. The molecule has 0 amide bonds. The van der Waals surface area contributed by atoms with Gasteiger partial charge in [-0.1, -0.05) is 0 Å². The van der Waals surface area contributed by atoms with Crippen LogP contribution in [0.15, 0.2) is 0 Å². The number of hydrogen-bond acceptors (Lipinski definition) is 3. The molecule has 0 bridgehead atoms. The molecule has 3 nitrogen and oxygen atoms in total. The van der Waals surface area contributed by atoms with Gasteiger partial charge in [0.05, 0.1) is 0 Å². The molecule has 13 heavy (non-hydrogen) atoms. The molecule has 2 aliphatic heterocycles. The number of rotatable bonds is 3. The molecule has 1 atom stereocenters. The Hall–Kier alpha value is -0.120. The molecule has 2 heterocycles. The highest BCUT2D eigenvalue weighted by molar-refractivity contribution is 4.86. The summed E-state index contributed by atoms with van der Waals surface area (Å²) in [6.45, 7) is 7.23. The van der Waals surface area contributed by atoms with Crippen molar-refractivity contribution in [2.24, 2.45) is 5.73 Å². The smallest absolute Gasteiger partial charge is 0.0224 e. The first-order valence-electron chi connectivity index (χ1n) is 5.56. The molecule has 0 spiro atoms. The van der Waals surface area contributed by atoms with Crippen molar-refractivity contribution >= 4 is 0 Å². The predicted octanol–water partition coefficient (Wildman–Crippen LogP) is 0.115. The maximum atomic E-state index is 5.52. The van der Waals surface area contributed by atoms with E-state index >= 15 is 0 Å². The van der Waals surface area contributed by atoms with Crippen LogP contribution in [0.4, 0.5) is 0 Å². The zero-order valence-electron chi connectivity index (χ0n) is 8.41. The molecule has 2 fully saturated rings. The van der Waals surface area contributed by atoms with Crippen LogP contribution < -0.4 is 5.73 Å². The molecule has 0 aromatic heterocycles. The van der Waals surface area contributed by atoms with E-state index in [4.69, 9.17) is 5.73 Å². The Morgan fingerprint density at radius 3 is 3.00 bits per heavy atom. The number of nitrogens with zero attached hydrogens (tertiary/aromatic N) is 2. The van der Waals surface area contributed by atoms with E-state index in [-0.39, 0.29) is 0 Å². The van der Waals surface area contributed by atoms with Gasteiger partial charge < -0.3 is 10.6 Å². The van der Waals surface area contributed by atoms with E-state index in [1.54, 1.807) is 0 Å². The van der Waals surface area contributed by atoms with Crippen LogP contribution in [0.25, 0.3) is 0 Å². The van der Waals surface area contributed by atoms with E-state index in [1.807, 2.05) is 0 Å². The Morgan fingerprint density at radius 1 is 1.23 bits per heavy atom. The third-order valence-corrected chi connectivity index (χ3v) is 3.35. The number of piperazine rings is 1. The molecule has 3 heteroatoms. The predicted molar refractivity (Wildman–Crippen MR) is 54.7 cm³/mol. The van der Waals surface area contributed by atoms with Gasteiger partial charge in [-0.15, -0.1) is 0 Å². The molecule has 2 aliphatic rings. The zero-order valence-corrected chi connectivity index (χ0v) is 8.41. The summed E-state index contributed by atoms with van der Waals surface area (Å²) in [5, 5.41) is 0. The van der Waals surface area contributed by atoms with Crippen LogP contribution in [-0.4, -0.2) is 55.1 Å². The van der Waals surface area contributed by atoms with Crippen molar-refractivity contribution in [3.63, 3.8) is 0 Å². The van der Waals surface area contributed by atoms with Crippen LogP contribution in [0.2, 0.25) is 0 Å². The third-order valence-electron chi connectivity index (χ3n) is 3.35. The first-order chi connectivity index (χ1) is 6.40. The van der Waals surface area contributed by atoms with Gasteiger partial charge in [-0.25, -0.2) is 0 Å². The maximum Gasteiger partial charge on any atom is 0.0224 e. The van der Waals surface area contributed by atoms with Gasteiger partial charge in [-0.2, -0.15) is 0 Å². The monoisotopic (exact) mass is 183 g/mol. The second-order valence-electron chi connectivity index (χ2n) is 4.27. The zero-order chi connectivity index (χ0) is 9.10. The van der Waals surface area contributed by atoms with Gasteiger partial charge in [0.1, 0.15) is 0 Å². The molecule has 2 N–H and O–H groups in total. The van der Waals surface area contributed by atoms with Gasteiger partial charge in [0.15, 0.2) is 0 Å². The van der Waals surface area contributed by atoms with Crippen LogP contribution in [0.3, 0.4) is 0 Å². The second-order valence-corrected chi connectivity index (χ2v) is 4.27. The van der Waals surface area contributed by atoms with Crippen LogP contribution in [-0.2, 0) is 0 Å². The summed E-state index contributed by atoms with van der Waals surface area (Å²) >= 11 is 0. The lowest BCUT2D eigenvalue weighted by Gasteiger charge is -2.37. The van der Waals surface area contributed by atoms with Crippen molar-refractivity contribution in [3.05, 3.63) is 0 Å². The minimum Gasteiger partial charge on any atom is -0.330 e. The minimum atomic E-state index is 0.838. The summed E-state index contributed by atoms with van der Waals surface area (Å²) in [6, 6.07) is 0.867. The molecule has 0 aliphatic carbocycles. The van der Waals surface area contributed by atoms with Crippen molar-refractivity contribution in [2.45, 2.75) is 25.3 Å². The molecule has 1 unspecified atom stereocenters. The Labute approximate surface area is 80.9 Å². The molecular formula is C10H21N3. The summed E-state index contributed by atoms with van der Waals surface area (Å²) in [5.41, 5.74) is 5.52. The van der Waals surface area contributed by atoms with Gasteiger partial charge in [-0.05, 0) is 38.9 Å². The standard InChI is InChI=1S/C10H21N3/c11-4-2-5-12-7-8-13-6-1-3-10(13)9-12/h10H,1-9,11H2. The lowest BCUT2D eigenvalue weighted by molar-refractivity contribution is 0.104. The third kappa shape index (κ3) is 2.22. The quantitative estimate of drug-likeness (QED) is 0.674. The van der Waals surface area contributed by atoms with Crippen molar-refractivity contribution in [2.75, 3.05) is 39.3 Å². The first-order valence-corrected chi connectivity index (χ1v) is 5.56. The van der Waals surface area contributed by atoms with Gasteiger partial charge in [0, 0.05) is 25.7 Å². The largest absolute Gasteiger partial charge is 0.330 e. The van der Waals surface area contributed by atoms with E-state index in [0.717, 1.165) is 19.0 Å². The number of nitrogens with two attached hydrogens (primary N) is 1. The van der Waals surface area contributed by atoms with Gasteiger partial charge in [-0.3, -0.25) is 4.90 Å². The molecule has 0 saturated carbocycles. The fourth-order valence-corrected chi connectivity index (χ4v) is 2.57. The van der Waals surface area contributed by atoms with E-state index in [1.165, 1.54) is 45.6 Å². The lowest BCUT2D eigenvalue weighted by atomic mass is 10.1. The van der Waals surface area contributed by atoms with E-state index in [0.29, 0.717) is 0 Å². The van der Waals surface area contributed by atoms with Crippen molar-refractivity contribution in [1.82, 2.24) is 9.80 Å². The van der Waals surface area contributed by atoms with E-state index in [2.05, 4.69) is 9.80 Å². The summed E-state index contributed by atoms with van der Waals surface area (Å²) in [7, 11) is 0. The number of hydrogen-bond donors (Lipinski definition) is 1. The molecule has 0 aromatic carbocycles. The van der Waals surface area contributed by atoms with Gasteiger partial charge in [0.25, 0.3) is 0 Å². The minimum absolute atomic E-state index is 0.838. The average molecular weight is 183 g/mol. The first kappa shape index (κ1) is 9.44. The number of fused-ring (bicyclic) bond motifs is 1. The highest BCUT2D eigenvalue weighted by atomic mass is 15.3. The molecule has 0 radical (unpaired) electrons. The molecular weight excluding hydrogens is 162 g/mol. The van der Waals surface area contributed by atoms with Crippen LogP contribution in [0.5, 0.6) is 0 Å². The van der Waals surface area contributed by atoms with E-state index < -0.39 is 0 Å². The molecule has 76 valence electrons. The molecule has 2 rings (SSSR count). The van der Waals surface area contributed by atoms with Crippen LogP contribution in [0.1, 0.15) is 19.3 Å². The van der Waals surface area contributed by atoms with Crippen LogP contribution in [0, 0.1) is 0 Å². The topological polar surface area (TPSA) is 32.5 Å². The van der Waals surface area contributed by atoms with Crippen molar-refractivity contribution < 1.29 is 0 Å². The second kappa shape index (κ2) is 4.40. The summed E-state index contributed by atoms with van der Waals surface area (Å²) in [6.07, 6.45) is 3.99. The molecule has 2 saturated heterocycles. The Kier molecular flexibility index (Phi) is 3.19. The highest BCUT2D eigenvalue weighted by Crippen LogP contribution is 2.21. The summed E-state index contributed by atoms with van der Waals surface area (Å²) < 4.78 is 0. The lowest BCUT2D eigenvalue weighted by Crippen LogP contribution is -2.50. The average Bonchev–Trinajstić information content (AvgIpc) is 2.61. The highest BCUT2D eigenvalue weighted by Gasteiger charge is 2.29. The van der Waals surface area contributed by atoms with Gasteiger partial charge in [0.2, 0.25) is 0 Å². The molecule has 0 aromatic rings. The Bertz CT molecular complexity index is 160. The Morgan fingerprint density at radius 2 is 2.15 bits per heavy atom. The van der Waals surface area contributed by atoms with Crippen molar-refractivity contribution in [3.8, 4) is 0 Å².